The first kappa shape index (κ1) is 23.5. The molecule has 4 rings (SSSR count). The molecule has 0 aromatic heterocycles. The van der Waals surface area contributed by atoms with E-state index in [1.807, 2.05) is 6.07 Å². The SMILES string of the molecule is Cc1ccc(NCC(=O)N2CCN(c3ccc(F)cc3)CC2)cc1S(=O)(=O)N1CCCCC1. The van der Waals surface area contributed by atoms with Crippen molar-refractivity contribution in [2.24, 2.45) is 0 Å². The number of carbonyl (C=O) groups is 1. The Morgan fingerprint density at radius 2 is 1.61 bits per heavy atom. The van der Waals surface area contributed by atoms with Crippen molar-refractivity contribution < 1.29 is 17.6 Å². The third-order valence-corrected chi connectivity index (χ3v) is 8.43. The average Bonchev–Trinajstić information content (AvgIpc) is 2.84. The van der Waals surface area contributed by atoms with Crippen LogP contribution in [-0.4, -0.2) is 69.3 Å². The Hall–Kier alpha value is -2.65. The van der Waals surface area contributed by atoms with Crippen LogP contribution in [0.3, 0.4) is 0 Å². The molecule has 2 aliphatic heterocycles. The van der Waals surface area contributed by atoms with Crippen LogP contribution < -0.4 is 10.2 Å². The van der Waals surface area contributed by atoms with Crippen LogP contribution in [0.1, 0.15) is 24.8 Å². The lowest BCUT2D eigenvalue weighted by atomic mass is 10.2. The predicted octanol–water partition coefficient (Wildman–Crippen LogP) is 3.07. The maximum Gasteiger partial charge on any atom is 0.243 e. The van der Waals surface area contributed by atoms with Crippen molar-refractivity contribution >= 4 is 27.3 Å². The number of anilines is 2. The average molecular weight is 475 g/mol. The molecule has 0 atom stereocenters. The summed E-state index contributed by atoms with van der Waals surface area (Å²) in [4.78, 5) is 17.0. The molecule has 2 aromatic carbocycles. The Morgan fingerprint density at radius 3 is 2.27 bits per heavy atom. The number of piperidine rings is 1. The number of piperazine rings is 1. The van der Waals surface area contributed by atoms with E-state index < -0.39 is 10.0 Å². The summed E-state index contributed by atoms with van der Waals surface area (Å²) in [5.74, 6) is -0.295. The van der Waals surface area contributed by atoms with Gasteiger partial charge in [0.05, 0.1) is 11.4 Å². The molecule has 0 saturated carbocycles. The number of benzene rings is 2. The van der Waals surface area contributed by atoms with Gasteiger partial charge in [0, 0.05) is 50.6 Å². The third-order valence-electron chi connectivity index (χ3n) is 6.39. The fourth-order valence-electron chi connectivity index (χ4n) is 4.39. The molecule has 9 heteroatoms. The summed E-state index contributed by atoms with van der Waals surface area (Å²) in [6, 6.07) is 11.6. The molecule has 33 heavy (non-hydrogen) atoms. The fourth-order valence-corrected chi connectivity index (χ4v) is 6.16. The molecule has 0 unspecified atom stereocenters. The highest BCUT2D eigenvalue weighted by molar-refractivity contribution is 7.89. The number of hydrogen-bond acceptors (Lipinski definition) is 5. The Balaban J connectivity index is 1.34. The number of rotatable bonds is 6. The van der Waals surface area contributed by atoms with E-state index in [9.17, 15) is 17.6 Å². The molecule has 0 bridgehead atoms. The molecular formula is C24H31FN4O3S. The molecule has 7 nitrogen and oxygen atoms in total. The summed E-state index contributed by atoms with van der Waals surface area (Å²) in [5, 5.41) is 3.10. The summed E-state index contributed by atoms with van der Waals surface area (Å²) in [6.45, 7) is 5.54. The second kappa shape index (κ2) is 10.1. The standard InChI is InChI=1S/C24H31FN4O3S/c1-19-5-8-21(17-23(19)33(31,32)29-11-3-2-4-12-29)26-18-24(30)28-15-13-27(14-16-28)22-9-6-20(25)7-10-22/h5-10,17,26H,2-4,11-16,18H2,1H3. The van der Waals surface area contributed by atoms with Crippen LogP contribution >= 0.6 is 0 Å². The minimum atomic E-state index is -3.54. The first-order chi connectivity index (χ1) is 15.8. The Morgan fingerprint density at radius 1 is 0.939 bits per heavy atom. The maximum absolute atomic E-state index is 13.1. The number of nitrogens with zero attached hydrogens (tertiary/aromatic N) is 3. The van der Waals surface area contributed by atoms with Crippen LogP contribution in [0.5, 0.6) is 0 Å². The van der Waals surface area contributed by atoms with E-state index in [-0.39, 0.29) is 18.3 Å². The molecule has 0 spiro atoms. The molecule has 2 saturated heterocycles. The largest absolute Gasteiger partial charge is 0.376 e. The van der Waals surface area contributed by atoms with Crippen LogP contribution in [0.25, 0.3) is 0 Å². The van der Waals surface area contributed by atoms with E-state index in [0.717, 1.165) is 24.9 Å². The van der Waals surface area contributed by atoms with Gasteiger partial charge in [-0.05, 0) is 61.7 Å². The monoisotopic (exact) mass is 474 g/mol. The lowest BCUT2D eigenvalue weighted by molar-refractivity contribution is -0.129. The van der Waals surface area contributed by atoms with Gasteiger partial charge in [-0.15, -0.1) is 0 Å². The minimum Gasteiger partial charge on any atom is -0.376 e. The Kier molecular flexibility index (Phi) is 7.19. The summed E-state index contributed by atoms with van der Waals surface area (Å²) < 4.78 is 40.9. The van der Waals surface area contributed by atoms with Crippen LogP contribution in [0.2, 0.25) is 0 Å². The highest BCUT2D eigenvalue weighted by Crippen LogP contribution is 2.26. The Labute approximate surface area is 195 Å². The van der Waals surface area contributed by atoms with Crippen molar-refractivity contribution in [2.75, 3.05) is 56.0 Å². The smallest absolute Gasteiger partial charge is 0.243 e. The van der Waals surface area contributed by atoms with Crippen LogP contribution in [-0.2, 0) is 14.8 Å². The third kappa shape index (κ3) is 5.47. The fraction of sp³-hybridized carbons (Fsp3) is 0.458. The second-order valence-corrected chi connectivity index (χ2v) is 10.5. The first-order valence-corrected chi connectivity index (χ1v) is 12.9. The predicted molar refractivity (Wildman–Crippen MR) is 127 cm³/mol. The van der Waals surface area contributed by atoms with Gasteiger partial charge >= 0.3 is 0 Å². The van der Waals surface area contributed by atoms with Gasteiger partial charge in [0.2, 0.25) is 15.9 Å². The normalized spacial score (nSPS) is 17.8. The molecule has 1 amide bonds. The molecule has 0 aliphatic carbocycles. The summed E-state index contributed by atoms with van der Waals surface area (Å²) >= 11 is 0. The number of hydrogen-bond donors (Lipinski definition) is 1. The summed E-state index contributed by atoms with van der Waals surface area (Å²) in [7, 11) is -3.54. The van der Waals surface area contributed by atoms with Crippen molar-refractivity contribution in [3.8, 4) is 0 Å². The van der Waals surface area contributed by atoms with Crippen molar-refractivity contribution in [2.45, 2.75) is 31.1 Å². The number of sulfonamides is 1. The number of nitrogens with one attached hydrogen (secondary N) is 1. The highest BCUT2D eigenvalue weighted by atomic mass is 32.2. The van der Waals surface area contributed by atoms with Crippen LogP contribution in [0.4, 0.5) is 15.8 Å². The van der Waals surface area contributed by atoms with Gasteiger partial charge in [0.25, 0.3) is 0 Å². The van der Waals surface area contributed by atoms with Gasteiger partial charge < -0.3 is 15.1 Å². The summed E-state index contributed by atoms with van der Waals surface area (Å²) in [6.07, 6.45) is 2.84. The zero-order valence-electron chi connectivity index (χ0n) is 19.0. The number of amides is 1. The van der Waals surface area contributed by atoms with E-state index in [2.05, 4.69) is 10.2 Å². The molecule has 1 N–H and O–H groups in total. The van der Waals surface area contributed by atoms with Gasteiger partial charge in [0.15, 0.2) is 0 Å². The van der Waals surface area contributed by atoms with Crippen molar-refractivity contribution in [1.29, 1.82) is 0 Å². The van der Waals surface area contributed by atoms with Gasteiger partial charge in [-0.3, -0.25) is 4.79 Å². The number of carbonyl (C=O) groups excluding carboxylic acids is 1. The maximum atomic E-state index is 13.1. The molecule has 2 aliphatic rings. The van der Waals surface area contributed by atoms with E-state index in [0.29, 0.717) is 55.4 Å². The van der Waals surface area contributed by atoms with E-state index >= 15 is 0 Å². The molecule has 178 valence electrons. The van der Waals surface area contributed by atoms with E-state index in [4.69, 9.17) is 0 Å². The zero-order chi connectivity index (χ0) is 23.4. The van der Waals surface area contributed by atoms with Crippen LogP contribution in [0.15, 0.2) is 47.4 Å². The topological polar surface area (TPSA) is 73.0 Å². The lowest BCUT2D eigenvalue weighted by Gasteiger charge is -2.36. The van der Waals surface area contributed by atoms with Crippen molar-refractivity contribution in [1.82, 2.24) is 9.21 Å². The lowest BCUT2D eigenvalue weighted by Crippen LogP contribution is -2.50. The molecule has 2 aromatic rings. The molecule has 0 radical (unpaired) electrons. The van der Waals surface area contributed by atoms with Crippen molar-refractivity contribution in [3.05, 3.63) is 53.8 Å². The second-order valence-electron chi connectivity index (χ2n) is 8.64. The van der Waals surface area contributed by atoms with Gasteiger partial charge in [-0.25, -0.2) is 12.8 Å². The quantitative estimate of drug-likeness (QED) is 0.697. The molecule has 2 heterocycles. The van der Waals surface area contributed by atoms with Crippen molar-refractivity contribution in [3.63, 3.8) is 0 Å². The van der Waals surface area contributed by atoms with Crippen LogP contribution in [0, 0.1) is 12.7 Å². The van der Waals surface area contributed by atoms with Gasteiger partial charge in [0.1, 0.15) is 5.82 Å². The van der Waals surface area contributed by atoms with Gasteiger partial charge in [-0.1, -0.05) is 12.5 Å². The van der Waals surface area contributed by atoms with Gasteiger partial charge in [-0.2, -0.15) is 4.31 Å². The first-order valence-electron chi connectivity index (χ1n) is 11.5. The molecular weight excluding hydrogens is 443 g/mol. The Bertz CT molecular complexity index is 1080. The zero-order valence-corrected chi connectivity index (χ0v) is 19.8. The molecule has 2 fully saturated rings. The van der Waals surface area contributed by atoms with E-state index in [1.54, 1.807) is 40.4 Å². The van der Waals surface area contributed by atoms with E-state index in [1.165, 1.54) is 12.1 Å². The highest BCUT2D eigenvalue weighted by Gasteiger charge is 2.28. The summed E-state index contributed by atoms with van der Waals surface area (Å²) in [5.41, 5.74) is 2.27. The number of halogens is 1. The number of aryl methyl sites for hydroxylation is 1. The minimum absolute atomic E-state index is 0.0326.